The Bertz CT molecular complexity index is 377. The van der Waals surface area contributed by atoms with E-state index in [9.17, 15) is 14.7 Å². The number of rotatable bonds is 6. The zero-order chi connectivity index (χ0) is 16.2. The summed E-state index contributed by atoms with van der Waals surface area (Å²) in [5.41, 5.74) is 6.16. The van der Waals surface area contributed by atoms with Crippen molar-refractivity contribution < 1.29 is 19.4 Å². The van der Waals surface area contributed by atoms with Gasteiger partial charge in [0, 0.05) is 24.9 Å². The van der Waals surface area contributed by atoms with E-state index in [4.69, 9.17) is 10.5 Å². The van der Waals surface area contributed by atoms with Crippen molar-refractivity contribution >= 4 is 24.3 Å². The predicted molar refractivity (Wildman–Crippen MR) is 86.5 cm³/mol. The Morgan fingerprint density at radius 3 is 2.32 bits per heavy atom. The van der Waals surface area contributed by atoms with E-state index in [1.807, 2.05) is 13.8 Å². The van der Waals surface area contributed by atoms with E-state index in [-0.39, 0.29) is 42.2 Å². The molecule has 130 valence electrons. The molecule has 0 aromatic carbocycles. The van der Waals surface area contributed by atoms with Gasteiger partial charge in [-0.3, -0.25) is 9.59 Å². The second-order valence-electron chi connectivity index (χ2n) is 5.90. The smallest absolute Gasteiger partial charge is 0.311 e. The number of aliphatic hydroxyl groups is 1. The zero-order valence-corrected chi connectivity index (χ0v) is 14.6. The average molecular weight is 337 g/mol. The number of ether oxygens (including phenoxy) is 1. The van der Waals surface area contributed by atoms with Crippen molar-refractivity contribution in [1.82, 2.24) is 5.32 Å². The second-order valence-corrected chi connectivity index (χ2v) is 5.90. The van der Waals surface area contributed by atoms with Gasteiger partial charge in [-0.2, -0.15) is 0 Å². The van der Waals surface area contributed by atoms with E-state index in [1.54, 1.807) is 0 Å². The molecule has 0 unspecified atom stereocenters. The van der Waals surface area contributed by atoms with Crippen LogP contribution in [0.4, 0.5) is 0 Å². The number of hydrogen-bond acceptors (Lipinski definition) is 5. The lowest BCUT2D eigenvalue weighted by Crippen LogP contribution is -2.52. The first-order valence-corrected chi connectivity index (χ1v) is 7.65. The number of nitrogens with one attached hydrogen (secondary N) is 1. The maximum absolute atomic E-state index is 11.7. The van der Waals surface area contributed by atoms with E-state index < -0.39 is 18.0 Å². The van der Waals surface area contributed by atoms with Crippen molar-refractivity contribution in [3.05, 3.63) is 0 Å². The Morgan fingerprint density at radius 1 is 1.36 bits per heavy atom. The molecule has 6 nitrogen and oxygen atoms in total. The number of nitrogens with two attached hydrogens (primary N) is 1. The summed E-state index contributed by atoms with van der Waals surface area (Å²) in [6, 6.07) is -0.557. The van der Waals surface area contributed by atoms with Crippen LogP contribution in [0.15, 0.2) is 0 Å². The Hall–Kier alpha value is -0.850. The van der Waals surface area contributed by atoms with Crippen LogP contribution in [-0.4, -0.2) is 42.3 Å². The average Bonchev–Trinajstić information content (AvgIpc) is 2.73. The van der Waals surface area contributed by atoms with Gasteiger partial charge in [0.05, 0.1) is 19.1 Å². The van der Waals surface area contributed by atoms with Gasteiger partial charge in [0.1, 0.15) is 0 Å². The first-order valence-electron chi connectivity index (χ1n) is 7.65. The molecule has 0 heterocycles. The van der Waals surface area contributed by atoms with Crippen LogP contribution in [0.1, 0.15) is 40.0 Å². The summed E-state index contributed by atoms with van der Waals surface area (Å²) in [5, 5.41) is 13.4. The minimum atomic E-state index is -0.884. The molecule has 0 bridgehead atoms. The molecule has 1 amide bonds. The van der Waals surface area contributed by atoms with Crippen molar-refractivity contribution in [3.8, 4) is 0 Å². The van der Waals surface area contributed by atoms with E-state index in [0.29, 0.717) is 6.42 Å². The molecule has 7 heteroatoms. The van der Waals surface area contributed by atoms with Gasteiger partial charge in [0.25, 0.3) is 0 Å². The molecule has 1 rings (SSSR count). The highest BCUT2D eigenvalue weighted by Gasteiger charge is 2.49. The van der Waals surface area contributed by atoms with Gasteiger partial charge >= 0.3 is 5.97 Å². The lowest BCUT2D eigenvalue weighted by Gasteiger charge is -2.35. The molecule has 4 N–H and O–H groups in total. The van der Waals surface area contributed by atoms with E-state index in [1.165, 1.54) is 14.0 Å². The second kappa shape index (κ2) is 9.33. The first-order chi connectivity index (χ1) is 9.87. The zero-order valence-electron chi connectivity index (χ0n) is 13.7. The summed E-state index contributed by atoms with van der Waals surface area (Å²) < 4.78 is 4.73. The first kappa shape index (κ1) is 21.1. The largest absolute Gasteiger partial charge is 0.469 e. The van der Waals surface area contributed by atoms with Crippen molar-refractivity contribution in [2.24, 2.45) is 23.5 Å². The number of carbonyl (C=O) groups is 2. The predicted octanol–water partition coefficient (Wildman–Crippen LogP) is 0.846. The molecular formula is C15H29ClN2O4. The minimum Gasteiger partial charge on any atom is -0.469 e. The van der Waals surface area contributed by atoms with Crippen LogP contribution in [0.3, 0.4) is 0 Å². The fraction of sp³-hybridized carbons (Fsp3) is 0.867. The fourth-order valence-electron chi connectivity index (χ4n) is 3.54. The number of halogens is 1. The fourth-order valence-corrected chi connectivity index (χ4v) is 3.54. The van der Waals surface area contributed by atoms with Crippen LogP contribution in [0, 0.1) is 17.8 Å². The highest BCUT2D eigenvalue weighted by molar-refractivity contribution is 5.85. The number of methoxy groups -OCH3 is 1. The van der Waals surface area contributed by atoms with Crippen LogP contribution in [-0.2, 0) is 14.3 Å². The highest BCUT2D eigenvalue weighted by Crippen LogP contribution is 2.37. The number of aliphatic hydroxyl groups excluding tert-OH is 1. The van der Waals surface area contributed by atoms with Gasteiger partial charge < -0.3 is 20.9 Å². The monoisotopic (exact) mass is 336 g/mol. The van der Waals surface area contributed by atoms with Crippen LogP contribution in [0.2, 0.25) is 0 Å². The highest BCUT2D eigenvalue weighted by atomic mass is 35.5. The maximum atomic E-state index is 11.7. The molecule has 1 aliphatic rings. The molecule has 5 atom stereocenters. The minimum absolute atomic E-state index is 0. The summed E-state index contributed by atoms with van der Waals surface area (Å²) in [6.07, 6.45) is 1.25. The summed E-state index contributed by atoms with van der Waals surface area (Å²) in [5.74, 6) is -1.31. The van der Waals surface area contributed by atoms with Crippen LogP contribution in [0.5, 0.6) is 0 Å². The van der Waals surface area contributed by atoms with E-state index >= 15 is 0 Å². The topological polar surface area (TPSA) is 102 Å². The molecule has 0 aromatic rings. The third-order valence-corrected chi connectivity index (χ3v) is 4.67. The summed E-state index contributed by atoms with van der Waals surface area (Å²) in [7, 11) is 1.31. The Morgan fingerprint density at radius 2 is 1.91 bits per heavy atom. The molecule has 0 radical (unpaired) electrons. The standard InChI is InChI=1S/C15H28N2O4.ClH/c1-5-9(6-2)13(17-8(3)18)12-11(16)7-10(14(12)19)15(20)21-4;/h9-14,19H,5-7,16H2,1-4H3,(H,17,18);1H/t10-,11-,12-,13+,14-;/m1./s1. The van der Waals surface area contributed by atoms with Crippen molar-refractivity contribution in [2.45, 2.75) is 58.2 Å². The maximum Gasteiger partial charge on any atom is 0.311 e. The quantitative estimate of drug-likeness (QED) is 0.624. The molecule has 1 fully saturated rings. The number of amides is 1. The molecule has 0 saturated heterocycles. The lowest BCUT2D eigenvalue weighted by atomic mass is 9.80. The molecule has 0 aliphatic heterocycles. The molecular weight excluding hydrogens is 308 g/mol. The summed E-state index contributed by atoms with van der Waals surface area (Å²) >= 11 is 0. The van der Waals surface area contributed by atoms with Crippen LogP contribution in [0.25, 0.3) is 0 Å². The van der Waals surface area contributed by atoms with Crippen molar-refractivity contribution in [1.29, 1.82) is 0 Å². The van der Waals surface area contributed by atoms with Gasteiger partial charge in [0.2, 0.25) is 5.91 Å². The number of esters is 1. The van der Waals surface area contributed by atoms with Gasteiger partial charge in [0.15, 0.2) is 0 Å². The van der Waals surface area contributed by atoms with E-state index in [0.717, 1.165) is 12.8 Å². The molecule has 22 heavy (non-hydrogen) atoms. The lowest BCUT2D eigenvalue weighted by molar-refractivity contribution is -0.149. The van der Waals surface area contributed by atoms with Gasteiger partial charge in [-0.1, -0.05) is 26.7 Å². The molecule has 1 saturated carbocycles. The van der Waals surface area contributed by atoms with Crippen LogP contribution >= 0.6 is 12.4 Å². The van der Waals surface area contributed by atoms with Crippen LogP contribution < -0.4 is 11.1 Å². The molecule has 1 aliphatic carbocycles. The summed E-state index contributed by atoms with van der Waals surface area (Å²) in [6.45, 7) is 5.56. The summed E-state index contributed by atoms with van der Waals surface area (Å²) in [4.78, 5) is 23.3. The number of hydrogen-bond donors (Lipinski definition) is 3. The Balaban J connectivity index is 0.00000441. The third kappa shape index (κ3) is 4.57. The van der Waals surface area contributed by atoms with Gasteiger partial charge in [-0.05, 0) is 12.3 Å². The molecule has 0 aromatic heterocycles. The van der Waals surface area contributed by atoms with Crippen molar-refractivity contribution in [2.75, 3.05) is 7.11 Å². The SMILES string of the molecule is CCC(CC)[C@H](NC(C)=O)[C@@H]1[C@H](O)[C@H](C(=O)OC)C[C@H]1N.Cl. The normalized spacial score (nSPS) is 28.9. The molecule has 0 spiro atoms. The van der Waals surface area contributed by atoms with Gasteiger partial charge in [-0.25, -0.2) is 0 Å². The van der Waals surface area contributed by atoms with Gasteiger partial charge in [-0.15, -0.1) is 12.4 Å². The Labute approximate surface area is 138 Å². The Kier molecular flexibility index (Phi) is 8.96. The number of carbonyl (C=O) groups excluding carboxylic acids is 2. The van der Waals surface area contributed by atoms with E-state index in [2.05, 4.69) is 5.32 Å². The third-order valence-electron chi connectivity index (χ3n) is 4.67. The van der Waals surface area contributed by atoms with Crippen molar-refractivity contribution in [3.63, 3.8) is 0 Å².